The van der Waals surface area contributed by atoms with Gasteiger partial charge in [0.05, 0.1) is 23.4 Å². The molecule has 0 aliphatic heterocycles. The van der Waals surface area contributed by atoms with E-state index in [1.54, 1.807) is 13.8 Å². The predicted octanol–water partition coefficient (Wildman–Crippen LogP) is 8.87. The molecule has 8 heteroatoms. The van der Waals surface area contributed by atoms with Crippen molar-refractivity contribution in [1.29, 1.82) is 0 Å². The largest absolute Gasteiger partial charge is 0.511 e. The maximum Gasteiger partial charge on any atom is 0.173 e. The summed E-state index contributed by atoms with van der Waals surface area (Å²) in [6, 6.07) is 0. The van der Waals surface area contributed by atoms with E-state index in [9.17, 15) is 39.6 Å². The molecule has 8 nitrogen and oxygen atoms in total. The van der Waals surface area contributed by atoms with Crippen molar-refractivity contribution in [3.8, 4) is 0 Å². The van der Waals surface area contributed by atoms with E-state index >= 15 is 0 Å². The lowest BCUT2D eigenvalue weighted by atomic mass is 9.53. The smallest absolute Gasteiger partial charge is 0.173 e. The van der Waals surface area contributed by atoms with Crippen LogP contribution in [0.25, 0.3) is 0 Å². The first-order chi connectivity index (χ1) is 25.9. The number of carbonyl (C=O) groups excluding carboxylic acids is 4. The van der Waals surface area contributed by atoms with Gasteiger partial charge in [0.15, 0.2) is 23.1 Å². The number of fused-ring (bicyclic) bond motifs is 2. The number of allylic oxidation sites excluding steroid dienone is 8. The molecular formula is C47H70O8. The first-order valence-corrected chi connectivity index (χ1v) is 21.7. The van der Waals surface area contributed by atoms with Crippen molar-refractivity contribution in [3.05, 3.63) is 46.0 Å². The van der Waals surface area contributed by atoms with Crippen LogP contribution in [0.15, 0.2) is 46.0 Å². The van der Waals surface area contributed by atoms with E-state index in [0.29, 0.717) is 0 Å². The Morgan fingerprint density at radius 1 is 0.636 bits per heavy atom. The van der Waals surface area contributed by atoms with Gasteiger partial charge in [0.25, 0.3) is 0 Å². The van der Waals surface area contributed by atoms with E-state index in [0.717, 1.165) is 44.9 Å². The van der Waals surface area contributed by atoms with Crippen molar-refractivity contribution >= 4 is 23.1 Å². The predicted molar refractivity (Wildman–Crippen MR) is 215 cm³/mol. The van der Waals surface area contributed by atoms with Crippen LogP contribution in [0.4, 0.5) is 0 Å². The van der Waals surface area contributed by atoms with Crippen LogP contribution in [0.3, 0.4) is 0 Å². The third-order valence-electron chi connectivity index (χ3n) is 15.2. The van der Waals surface area contributed by atoms with Gasteiger partial charge in [0.2, 0.25) is 0 Å². The molecule has 6 aliphatic carbocycles. The zero-order valence-electron chi connectivity index (χ0n) is 35.2. The van der Waals surface area contributed by atoms with Crippen molar-refractivity contribution in [2.45, 2.75) is 139 Å². The molecule has 0 heterocycles. The number of ketones is 4. The third-order valence-corrected chi connectivity index (χ3v) is 15.2. The van der Waals surface area contributed by atoms with Crippen LogP contribution in [0.1, 0.15) is 127 Å². The quantitative estimate of drug-likeness (QED) is 0.135. The van der Waals surface area contributed by atoms with Gasteiger partial charge in [-0.3, -0.25) is 19.2 Å². The molecule has 0 radical (unpaired) electrons. The molecule has 0 amide bonds. The van der Waals surface area contributed by atoms with Crippen molar-refractivity contribution in [3.63, 3.8) is 0 Å². The van der Waals surface area contributed by atoms with Gasteiger partial charge in [0, 0.05) is 36.5 Å². The topological polar surface area (TPSA) is 149 Å². The molecular weight excluding hydrogens is 693 g/mol. The van der Waals surface area contributed by atoms with E-state index in [1.165, 1.54) is 11.1 Å². The standard InChI is InChI=1S/C24H36O4.C23H34O4/c1-6-8-17-12(3)9-15-10-13(4)22(26)16(7-2)19(15)20(17)24(28)21-18(25)11-14(5)23(21)27;1-6-15-11(3)8-14-9-12(4)21(25)16(7-2)18(14)19(15)23(27)20-17(24)10-13(5)22(20)26/h9,13-17,19-20,22,26-27H,6-8,10-11H2,1-5H3;8,12-16,18-19,21,25-26H,6-7,9-10H2,1-5H3. The number of rotatable bonds is 9. The molecule has 6 rings (SSSR count). The average Bonchev–Trinajstić information content (AvgIpc) is 3.54. The zero-order chi connectivity index (χ0) is 40.8. The summed E-state index contributed by atoms with van der Waals surface area (Å²) in [6.45, 7) is 20.3. The molecule has 4 N–H and O–H groups in total. The van der Waals surface area contributed by atoms with Gasteiger partial charge in [-0.05, 0) is 98.7 Å². The fourth-order valence-electron chi connectivity index (χ4n) is 12.5. The summed E-state index contributed by atoms with van der Waals surface area (Å²) in [6.07, 6.45) is 10.3. The zero-order valence-corrected chi connectivity index (χ0v) is 35.2. The van der Waals surface area contributed by atoms with Gasteiger partial charge >= 0.3 is 0 Å². The Hall–Kier alpha value is -2.84. The van der Waals surface area contributed by atoms with Crippen LogP contribution < -0.4 is 0 Å². The summed E-state index contributed by atoms with van der Waals surface area (Å²) in [5.41, 5.74) is 2.55. The van der Waals surface area contributed by atoms with Crippen LogP contribution in [0, 0.1) is 82.9 Å². The minimum atomic E-state index is -0.420. The highest BCUT2D eigenvalue weighted by Gasteiger charge is 2.54. The van der Waals surface area contributed by atoms with Crippen LogP contribution in [-0.4, -0.2) is 55.8 Å². The summed E-state index contributed by atoms with van der Waals surface area (Å²) in [5.74, 6) is -0.826. The first kappa shape index (κ1) is 43.3. The Kier molecular flexibility index (Phi) is 13.6. The summed E-state index contributed by atoms with van der Waals surface area (Å²) in [4.78, 5) is 52.4. The molecule has 2 fully saturated rings. The van der Waals surface area contributed by atoms with Crippen LogP contribution in [0.5, 0.6) is 0 Å². The molecule has 0 saturated heterocycles. The number of aliphatic hydroxyl groups is 4. The van der Waals surface area contributed by atoms with Gasteiger partial charge in [-0.1, -0.05) is 98.0 Å². The summed E-state index contributed by atoms with van der Waals surface area (Å²) in [7, 11) is 0. The summed E-state index contributed by atoms with van der Waals surface area (Å²) < 4.78 is 0. The van der Waals surface area contributed by atoms with Crippen molar-refractivity contribution in [2.24, 2.45) is 82.9 Å². The van der Waals surface area contributed by atoms with Gasteiger partial charge in [0.1, 0.15) is 11.5 Å². The lowest BCUT2D eigenvalue weighted by molar-refractivity contribution is -0.133. The van der Waals surface area contributed by atoms with Crippen molar-refractivity contribution < 1.29 is 39.6 Å². The molecule has 55 heavy (non-hydrogen) atoms. The van der Waals surface area contributed by atoms with Crippen LogP contribution in [0.2, 0.25) is 0 Å². The maximum atomic E-state index is 13.8. The Balaban J connectivity index is 0.000000211. The Morgan fingerprint density at radius 3 is 1.35 bits per heavy atom. The summed E-state index contributed by atoms with van der Waals surface area (Å²) in [5, 5.41) is 42.7. The lowest BCUT2D eigenvalue weighted by Crippen LogP contribution is -2.51. The second kappa shape index (κ2) is 17.3. The summed E-state index contributed by atoms with van der Waals surface area (Å²) >= 11 is 0. The molecule has 0 bridgehead atoms. The molecule has 0 aromatic rings. The molecule has 0 spiro atoms. The normalized spacial score (nSPS) is 41.6. The SMILES string of the molecule is CCC1C(C)=CC2CC(C)C(O)C(CC)C2C1C(=O)C1=C(O)C(C)CC1=O.CCCC1C(C)=CC2CC(C)C(O)C(CC)C2C1C(=O)C1=C(O)C(C)CC1=O. The highest BCUT2D eigenvalue weighted by Crippen LogP contribution is 2.54. The monoisotopic (exact) mass is 763 g/mol. The highest BCUT2D eigenvalue weighted by molar-refractivity contribution is 6.23. The lowest BCUT2D eigenvalue weighted by Gasteiger charge is -2.51. The van der Waals surface area contributed by atoms with Crippen molar-refractivity contribution in [1.82, 2.24) is 0 Å². The number of Topliss-reactive ketones (excluding diaryl/α,β-unsaturated/α-hetero) is 4. The van der Waals surface area contributed by atoms with E-state index in [-0.39, 0.29) is 141 Å². The van der Waals surface area contributed by atoms with Crippen molar-refractivity contribution in [2.75, 3.05) is 0 Å². The van der Waals surface area contributed by atoms with E-state index in [2.05, 4.69) is 67.5 Å². The molecule has 6 aliphatic rings. The Morgan fingerprint density at radius 2 is 1.02 bits per heavy atom. The minimum Gasteiger partial charge on any atom is -0.511 e. The second-order valence-electron chi connectivity index (χ2n) is 18.6. The number of hydrogen-bond donors (Lipinski definition) is 4. The third kappa shape index (κ3) is 7.77. The highest BCUT2D eigenvalue weighted by atomic mass is 16.3. The minimum absolute atomic E-state index is 0.0215. The number of aliphatic hydroxyl groups excluding tert-OH is 4. The fourth-order valence-corrected chi connectivity index (χ4v) is 12.5. The average molecular weight is 763 g/mol. The number of carbonyl (C=O) groups is 4. The van der Waals surface area contributed by atoms with E-state index < -0.39 is 12.2 Å². The first-order valence-electron chi connectivity index (χ1n) is 21.7. The number of hydrogen-bond acceptors (Lipinski definition) is 8. The van der Waals surface area contributed by atoms with Gasteiger partial charge in [-0.2, -0.15) is 0 Å². The molecule has 2 saturated carbocycles. The molecule has 306 valence electrons. The van der Waals surface area contributed by atoms with Gasteiger partial charge < -0.3 is 20.4 Å². The second-order valence-corrected chi connectivity index (χ2v) is 18.6. The Labute approximate surface area is 330 Å². The van der Waals surface area contributed by atoms with Gasteiger partial charge in [-0.15, -0.1) is 0 Å². The molecule has 16 unspecified atom stereocenters. The Bertz CT molecular complexity index is 1630. The molecule has 0 aromatic carbocycles. The maximum absolute atomic E-state index is 13.8. The molecule has 16 atom stereocenters. The van der Waals surface area contributed by atoms with Crippen LogP contribution >= 0.6 is 0 Å². The van der Waals surface area contributed by atoms with E-state index in [1.807, 2.05) is 0 Å². The molecule has 0 aromatic heterocycles. The fraction of sp³-hybridized carbons (Fsp3) is 0.745. The van der Waals surface area contributed by atoms with Crippen LogP contribution in [-0.2, 0) is 19.2 Å². The van der Waals surface area contributed by atoms with E-state index in [4.69, 9.17) is 0 Å². The van der Waals surface area contributed by atoms with Gasteiger partial charge in [-0.25, -0.2) is 0 Å².